The van der Waals surface area contributed by atoms with E-state index in [1.165, 1.54) is 0 Å². The van der Waals surface area contributed by atoms with E-state index < -0.39 is 0 Å². The van der Waals surface area contributed by atoms with Crippen LogP contribution in [0.25, 0.3) is 0 Å². The first-order valence-electron chi connectivity index (χ1n) is 5.95. The van der Waals surface area contributed by atoms with Crippen molar-refractivity contribution in [3.05, 3.63) is 22.2 Å². The second-order valence-corrected chi connectivity index (χ2v) is 4.86. The molecule has 0 aromatic heterocycles. The van der Waals surface area contributed by atoms with Gasteiger partial charge < -0.3 is 19.9 Å². The minimum atomic E-state index is 0.0707. The predicted molar refractivity (Wildman–Crippen MR) is 75.3 cm³/mol. The molecule has 1 aromatic carbocycles. The highest BCUT2D eigenvalue weighted by atomic mass is 79.9. The third-order valence-corrected chi connectivity index (χ3v) is 3.10. The normalized spacial score (nSPS) is 12.3. The van der Waals surface area contributed by atoms with E-state index in [1.807, 2.05) is 26.0 Å². The first kappa shape index (κ1) is 15.3. The molecule has 102 valence electrons. The van der Waals surface area contributed by atoms with Crippen LogP contribution in [0.5, 0.6) is 11.5 Å². The lowest BCUT2D eigenvalue weighted by Gasteiger charge is -2.15. The Bertz CT molecular complexity index is 385. The molecule has 1 rings (SSSR count). The molecular weight excluding hydrogens is 298 g/mol. The summed E-state index contributed by atoms with van der Waals surface area (Å²) in [4.78, 5) is 0. The molecule has 2 N–H and O–H groups in total. The summed E-state index contributed by atoms with van der Waals surface area (Å²) in [6.45, 7) is 5.25. The topological polar surface area (TPSA) is 50.7 Å². The summed E-state index contributed by atoms with van der Waals surface area (Å²) in [6.07, 6.45) is 0. The molecule has 0 saturated heterocycles. The van der Waals surface area contributed by atoms with Gasteiger partial charge >= 0.3 is 0 Å². The second kappa shape index (κ2) is 7.61. The van der Waals surface area contributed by atoms with Gasteiger partial charge in [-0.25, -0.2) is 0 Å². The van der Waals surface area contributed by atoms with Crippen LogP contribution in [0.3, 0.4) is 0 Å². The fourth-order valence-electron chi connectivity index (χ4n) is 1.52. The molecule has 4 nitrogen and oxygen atoms in total. The molecule has 1 atom stereocenters. The van der Waals surface area contributed by atoms with Crippen LogP contribution in [0, 0.1) is 0 Å². The number of ether oxygens (including phenoxy) is 2. The van der Waals surface area contributed by atoms with Crippen molar-refractivity contribution in [1.29, 1.82) is 0 Å². The first-order chi connectivity index (χ1) is 8.62. The largest absolute Gasteiger partial charge is 0.493 e. The molecule has 0 aliphatic carbocycles. The Morgan fingerprint density at radius 3 is 2.72 bits per heavy atom. The van der Waals surface area contributed by atoms with Gasteiger partial charge in [-0.2, -0.15) is 0 Å². The van der Waals surface area contributed by atoms with Crippen LogP contribution >= 0.6 is 15.9 Å². The predicted octanol–water partition coefficient (Wildman–Crippen LogP) is 2.33. The van der Waals surface area contributed by atoms with Crippen molar-refractivity contribution in [1.82, 2.24) is 5.32 Å². The highest BCUT2D eigenvalue weighted by Crippen LogP contribution is 2.36. The van der Waals surface area contributed by atoms with E-state index in [0.717, 1.165) is 15.8 Å². The number of halogens is 1. The van der Waals surface area contributed by atoms with Crippen LogP contribution in [0.4, 0.5) is 0 Å². The van der Waals surface area contributed by atoms with Crippen molar-refractivity contribution < 1.29 is 14.6 Å². The van der Waals surface area contributed by atoms with Gasteiger partial charge in [-0.1, -0.05) is 0 Å². The zero-order valence-electron chi connectivity index (χ0n) is 11.0. The SMILES string of the molecule is CCOc1c(Br)cc(CNC(C)CO)cc1OC. The summed E-state index contributed by atoms with van der Waals surface area (Å²) in [5.41, 5.74) is 1.07. The average molecular weight is 318 g/mol. The Morgan fingerprint density at radius 1 is 1.44 bits per heavy atom. The number of hydrogen-bond acceptors (Lipinski definition) is 4. The van der Waals surface area contributed by atoms with E-state index in [2.05, 4.69) is 21.2 Å². The van der Waals surface area contributed by atoms with Crippen LogP contribution in [0.1, 0.15) is 19.4 Å². The van der Waals surface area contributed by atoms with E-state index in [4.69, 9.17) is 14.6 Å². The quantitative estimate of drug-likeness (QED) is 0.810. The summed E-state index contributed by atoms with van der Waals surface area (Å²) in [6, 6.07) is 4.00. The second-order valence-electron chi connectivity index (χ2n) is 4.01. The minimum Gasteiger partial charge on any atom is -0.493 e. The van der Waals surface area contributed by atoms with Gasteiger partial charge in [-0.15, -0.1) is 0 Å². The van der Waals surface area contributed by atoms with Crippen molar-refractivity contribution in [2.45, 2.75) is 26.4 Å². The number of methoxy groups -OCH3 is 1. The van der Waals surface area contributed by atoms with E-state index >= 15 is 0 Å². The van der Waals surface area contributed by atoms with Crippen LogP contribution in [-0.4, -0.2) is 31.5 Å². The Labute approximate surface area is 116 Å². The summed E-state index contributed by atoms with van der Waals surface area (Å²) in [5, 5.41) is 12.2. The molecule has 0 radical (unpaired) electrons. The summed E-state index contributed by atoms with van der Waals surface area (Å²) < 4.78 is 11.7. The lowest BCUT2D eigenvalue weighted by atomic mass is 10.2. The molecule has 1 aromatic rings. The van der Waals surface area contributed by atoms with Gasteiger partial charge in [0.25, 0.3) is 0 Å². The summed E-state index contributed by atoms with van der Waals surface area (Å²) in [5.74, 6) is 1.43. The monoisotopic (exact) mass is 317 g/mol. The number of aliphatic hydroxyl groups is 1. The zero-order chi connectivity index (χ0) is 13.5. The number of rotatable bonds is 7. The maximum absolute atomic E-state index is 8.97. The van der Waals surface area contributed by atoms with Gasteiger partial charge in [-0.3, -0.25) is 0 Å². The molecule has 0 amide bonds. The van der Waals surface area contributed by atoms with Crippen molar-refractivity contribution in [2.24, 2.45) is 0 Å². The number of aliphatic hydroxyl groups excluding tert-OH is 1. The zero-order valence-corrected chi connectivity index (χ0v) is 12.6. The smallest absolute Gasteiger partial charge is 0.175 e. The van der Waals surface area contributed by atoms with Crippen molar-refractivity contribution in [2.75, 3.05) is 20.3 Å². The molecule has 18 heavy (non-hydrogen) atoms. The summed E-state index contributed by atoms with van der Waals surface area (Å²) >= 11 is 3.48. The maximum Gasteiger partial charge on any atom is 0.175 e. The van der Waals surface area contributed by atoms with Gasteiger partial charge in [0.1, 0.15) is 0 Å². The molecule has 5 heteroatoms. The Hall–Kier alpha value is -0.780. The Kier molecular flexibility index (Phi) is 6.46. The third-order valence-electron chi connectivity index (χ3n) is 2.51. The molecule has 1 unspecified atom stereocenters. The van der Waals surface area contributed by atoms with E-state index in [0.29, 0.717) is 18.9 Å². The molecular formula is C13H20BrNO3. The van der Waals surface area contributed by atoms with E-state index in [-0.39, 0.29) is 12.6 Å². The van der Waals surface area contributed by atoms with Gasteiger partial charge in [0.05, 0.1) is 24.8 Å². The molecule has 0 saturated carbocycles. The Morgan fingerprint density at radius 2 is 2.17 bits per heavy atom. The Balaban J connectivity index is 2.85. The number of nitrogens with one attached hydrogen (secondary N) is 1. The number of hydrogen-bond donors (Lipinski definition) is 2. The lowest BCUT2D eigenvalue weighted by molar-refractivity contribution is 0.251. The van der Waals surface area contributed by atoms with Crippen LogP contribution < -0.4 is 14.8 Å². The van der Waals surface area contributed by atoms with Crippen molar-refractivity contribution in [3.63, 3.8) is 0 Å². The standard InChI is InChI=1S/C13H20BrNO3/c1-4-18-13-11(14)5-10(6-12(13)17-3)7-15-9(2)8-16/h5-6,9,15-16H,4,7-8H2,1-3H3. The molecule has 0 spiro atoms. The van der Waals surface area contributed by atoms with Gasteiger partial charge in [0, 0.05) is 12.6 Å². The van der Waals surface area contributed by atoms with Crippen molar-refractivity contribution >= 4 is 15.9 Å². The molecule has 0 heterocycles. The fourth-order valence-corrected chi connectivity index (χ4v) is 2.12. The highest BCUT2D eigenvalue weighted by molar-refractivity contribution is 9.10. The average Bonchev–Trinajstić information content (AvgIpc) is 2.38. The maximum atomic E-state index is 8.97. The number of benzene rings is 1. The van der Waals surface area contributed by atoms with Crippen LogP contribution in [0.2, 0.25) is 0 Å². The first-order valence-corrected chi connectivity index (χ1v) is 6.75. The van der Waals surface area contributed by atoms with Gasteiger partial charge in [-0.05, 0) is 47.5 Å². The van der Waals surface area contributed by atoms with Gasteiger partial charge in [0.15, 0.2) is 11.5 Å². The molecule has 0 fully saturated rings. The fraction of sp³-hybridized carbons (Fsp3) is 0.538. The highest BCUT2D eigenvalue weighted by Gasteiger charge is 2.11. The molecule has 0 bridgehead atoms. The van der Waals surface area contributed by atoms with Crippen LogP contribution in [0.15, 0.2) is 16.6 Å². The molecule has 0 aliphatic heterocycles. The van der Waals surface area contributed by atoms with Crippen LogP contribution in [-0.2, 0) is 6.54 Å². The molecule has 0 aliphatic rings. The lowest BCUT2D eigenvalue weighted by Crippen LogP contribution is -2.28. The van der Waals surface area contributed by atoms with Gasteiger partial charge in [0.2, 0.25) is 0 Å². The minimum absolute atomic E-state index is 0.0707. The van der Waals surface area contributed by atoms with E-state index in [9.17, 15) is 0 Å². The van der Waals surface area contributed by atoms with Crippen molar-refractivity contribution in [3.8, 4) is 11.5 Å². The summed E-state index contributed by atoms with van der Waals surface area (Å²) in [7, 11) is 1.62. The van der Waals surface area contributed by atoms with E-state index in [1.54, 1.807) is 7.11 Å². The third kappa shape index (κ3) is 4.15.